The van der Waals surface area contributed by atoms with Gasteiger partial charge in [-0.15, -0.1) is 0 Å². The van der Waals surface area contributed by atoms with Crippen LogP contribution in [0.1, 0.15) is 34.5 Å². The van der Waals surface area contributed by atoms with E-state index in [2.05, 4.69) is 20.6 Å². The molecule has 142 valence electrons. The number of benzene rings is 1. The standard InChI is InChI=1S/C17H14F4N4O2/c18-12-4-3-11(17(19,20)21)7-10(12)8-23-15(27)13-5-6-22-16(24-13)25-14(26)9-1-2-9/h3-7,9H,1-2,8H2,(H,23,27)(H,22,24,25,26). The zero-order chi connectivity index (χ0) is 19.6. The lowest BCUT2D eigenvalue weighted by Gasteiger charge is -2.11. The molecule has 1 heterocycles. The summed E-state index contributed by atoms with van der Waals surface area (Å²) < 4.78 is 51.8. The number of aromatic nitrogens is 2. The van der Waals surface area contributed by atoms with Gasteiger partial charge in [-0.25, -0.2) is 14.4 Å². The minimum Gasteiger partial charge on any atom is -0.347 e. The Morgan fingerprint density at radius 2 is 1.93 bits per heavy atom. The van der Waals surface area contributed by atoms with Crippen molar-refractivity contribution in [3.63, 3.8) is 0 Å². The van der Waals surface area contributed by atoms with Crippen molar-refractivity contribution in [3.8, 4) is 0 Å². The number of nitrogens with one attached hydrogen (secondary N) is 2. The van der Waals surface area contributed by atoms with E-state index in [9.17, 15) is 27.2 Å². The minimum absolute atomic E-state index is 0.0511. The van der Waals surface area contributed by atoms with Crippen LogP contribution in [0, 0.1) is 11.7 Å². The molecule has 0 bridgehead atoms. The van der Waals surface area contributed by atoms with E-state index in [4.69, 9.17) is 0 Å². The molecule has 0 aliphatic heterocycles. The van der Waals surface area contributed by atoms with Crippen LogP contribution >= 0.6 is 0 Å². The van der Waals surface area contributed by atoms with E-state index in [-0.39, 0.29) is 29.0 Å². The van der Waals surface area contributed by atoms with Crippen molar-refractivity contribution in [1.82, 2.24) is 15.3 Å². The molecule has 6 nitrogen and oxygen atoms in total. The molecule has 10 heteroatoms. The van der Waals surface area contributed by atoms with Crippen LogP contribution in [0.4, 0.5) is 23.5 Å². The van der Waals surface area contributed by atoms with Crippen LogP contribution < -0.4 is 10.6 Å². The second-order valence-electron chi connectivity index (χ2n) is 6.02. The maximum Gasteiger partial charge on any atom is 0.416 e. The van der Waals surface area contributed by atoms with Crippen LogP contribution in [0.2, 0.25) is 0 Å². The van der Waals surface area contributed by atoms with Crippen LogP contribution in [0.15, 0.2) is 30.5 Å². The van der Waals surface area contributed by atoms with Gasteiger partial charge < -0.3 is 5.32 Å². The Bertz CT molecular complexity index is 881. The summed E-state index contributed by atoms with van der Waals surface area (Å²) in [5.41, 5.74) is -1.43. The van der Waals surface area contributed by atoms with Crippen molar-refractivity contribution in [2.75, 3.05) is 5.32 Å². The lowest BCUT2D eigenvalue weighted by atomic mass is 10.1. The van der Waals surface area contributed by atoms with Gasteiger partial charge >= 0.3 is 6.18 Å². The molecule has 27 heavy (non-hydrogen) atoms. The molecule has 1 fully saturated rings. The number of carbonyl (C=O) groups excluding carboxylic acids is 2. The quantitative estimate of drug-likeness (QED) is 0.779. The van der Waals surface area contributed by atoms with Crippen molar-refractivity contribution in [1.29, 1.82) is 0 Å². The van der Waals surface area contributed by atoms with E-state index >= 15 is 0 Å². The minimum atomic E-state index is -4.62. The van der Waals surface area contributed by atoms with Crippen molar-refractivity contribution in [3.05, 3.63) is 53.1 Å². The Kier molecular flexibility index (Phi) is 5.06. The molecule has 2 aromatic rings. The Morgan fingerprint density at radius 3 is 2.59 bits per heavy atom. The smallest absolute Gasteiger partial charge is 0.347 e. The van der Waals surface area contributed by atoms with Crippen molar-refractivity contribution in [2.45, 2.75) is 25.6 Å². The summed E-state index contributed by atoms with van der Waals surface area (Å²) in [5, 5.41) is 4.78. The van der Waals surface area contributed by atoms with E-state index in [0.29, 0.717) is 18.2 Å². The zero-order valence-corrected chi connectivity index (χ0v) is 13.8. The number of hydrogen-bond acceptors (Lipinski definition) is 4. The van der Waals surface area contributed by atoms with Crippen molar-refractivity contribution in [2.24, 2.45) is 5.92 Å². The molecule has 1 aromatic heterocycles. The Labute approximate surface area is 151 Å². The molecule has 0 saturated heterocycles. The Hall–Kier alpha value is -3.04. The summed E-state index contributed by atoms with van der Waals surface area (Å²) in [6, 6.07) is 3.22. The molecule has 1 saturated carbocycles. The van der Waals surface area contributed by atoms with Gasteiger partial charge in [0.05, 0.1) is 5.56 Å². The third-order valence-electron chi connectivity index (χ3n) is 3.88. The molecule has 0 spiro atoms. The van der Waals surface area contributed by atoms with Crippen LogP contribution in [-0.4, -0.2) is 21.8 Å². The van der Waals surface area contributed by atoms with Gasteiger partial charge in [-0.05, 0) is 37.1 Å². The van der Waals surface area contributed by atoms with E-state index in [0.717, 1.165) is 12.8 Å². The van der Waals surface area contributed by atoms with Gasteiger partial charge in [-0.3, -0.25) is 14.9 Å². The lowest BCUT2D eigenvalue weighted by Crippen LogP contribution is -2.25. The average molecular weight is 382 g/mol. The maximum atomic E-state index is 13.7. The van der Waals surface area contributed by atoms with E-state index < -0.39 is 30.0 Å². The molecular weight excluding hydrogens is 368 g/mol. The average Bonchev–Trinajstić information content (AvgIpc) is 3.45. The van der Waals surface area contributed by atoms with Gasteiger partial charge in [-0.1, -0.05) is 0 Å². The molecule has 1 aliphatic carbocycles. The molecule has 0 radical (unpaired) electrons. The van der Waals surface area contributed by atoms with Crippen LogP contribution in [0.25, 0.3) is 0 Å². The first-order valence-electron chi connectivity index (χ1n) is 8.02. The number of hydrogen-bond donors (Lipinski definition) is 2. The van der Waals surface area contributed by atoms with Gasteiger partial charge in [0.25, 0.3) is 5.91 Å². The van der Waals surface area contributed by atoms with Gasteiger partial charge in [0.15, 0.2) is 0 Å². The summed E-state index contributed by atoms with van der Waals surface area (Å²) in [5.74, 6) is -1.97. The predicted octanol–water partition coefficient (Wildman–Crippen LogP) is 2.91. The molecule has 0 unspecified atom stereocenters. The van der Waals surface area contributed by atoms with Gasteiger partial charge in [-0.2, -0.15) is 13.2 Å². The topological polar surface area (TPSA) is 84.0 Å². The zero-order valence-electron chi connectivity index (χ0n) is 13.8. The fourth-order valence-electron chi connectivity index (χ4n) is 2.26. The van der Waals surface area contributed by atoms with Crippen LogP contribution in [0.3, 0.4) is 0 Å². The highest BCUT2D eigenvalue weighted by atomic mass is 19.4. The second kappa shape index (κ2) is 7.29. The number of alkyl halides is 3. The fourth-order valence-corrected chi connectivity index (χ4v) is 2.26. The number of amides is 2. The highest BCUT2D eigenvalue weighted by molar-refractivity contribution is 5.94. The summed E-state index contributed by atoms with van der Waals surface area (Å²) >= 11 is 0. The molecule has 2 N–H and O–H groups in total. The van der Waals surface area contributed by atoms with Gasteiger partial charge in [0.2, 0.25) is 11.9 Å². The van der Waals surface area contributed by atoms with Crippen molar-refractivity contribution < 1.29 is 27.2 Å². The highest BCUT2D eigenvalue weighted by Crippen LogP contribution is 2.30. The first-order chi connectivity index (χ1) is 12.7. The monoisotopic (exact) mass is 382 g/mol. The predicted molar refractivity (Wildman–Crippen MR) is 86.0 cm³/mol. The molecule has 0 atom stereocenters. The molecule has 1 aromatic carbocycles. The molecule has 3 rings (SSSR count). The number of rotatable bonds is 5. The number of halogens is 4. The molecule has 2 amide bonds. The largest absolute Gasteiger partial charge is 0.416 e. The van der Waals surface area contributed by atoms with Crippen LogP contribution in [0.5, 0.6) is 0 Å². The number of anilines is 1. The highest BCUT2D eigenvalue weighted by Gasteiger charge is 2.31. The lowest BCUT2D eigenvalue weighted by molar-refractivity contribution is -0.137. The second-order valence-corrected chi connectivity index (χ2v) is 6.02. The summed E-state index contributed by atoms with van der Waals surface area (Å²) in [4.78, 5) is 31.5. The first-order valence-corrected chi connectivity index (χ1v) is 8.02. The Morgan fingerprint density at radius 1 is 1.19 bits per heavy atom. The fraction of sp³-hybridized carbons (Fsp3) is 0.294. The number of nitrogens with zero attached hydrogens (tertiary/aromatic N) is 2. The third kappa shape index (κ3) is 4.78. The number of carbonyl (C=O) groups is 2. The van der Waals surface area contributed by atoms with Gasteiger partial charge in [0, 0.05) is 24.2 Å². The van der Waals surface area contributed by atoms with Crippen LogP contribution in [-0.2, 0) is 17.5 Å². The van der Waals surface area contributed by atoms with E-state index in [1.807, 2.05) is 0 Å². The van der Waals surface area contributed by atoms with Gasteiger partial charge in [0.1, 0.15) is 11.5 Å². The molecule has 1 aliphatic rings. The summed E-state index contributed by atoms with van der Waals surface area (Å²) in [6.45, 7) is -0.456. The first kappa shape index (κ1) is 18.7. The third-order valence-corrected chi connectivity index (χ3v) is 3.88. The molecular formula is C17H14F4N4O2. The Balaban J connectivity index is 1.66. The van der Waals surface area contributed by atoms with Crippen molar-refractivity contribution >= 4 is 17.8 Å². The summed E-state index contributed by atoms with van der Waals surface area (Å²) in [6.07, 6.45) is -1.79. The maximum absolute atomic E-state index is 13.7. The van der Waals surface area contributed by atoms with E-state index in [1.54, 1.807) is 0 Å². The summed E-state index contributed by atoms with van der Waals surface area (Å²) in [7, 11) is 0. The normalized spacial score (nSPS) is 13.9. The van der Waals surface area contributed by atoms with E-state index in [1.165, 1.54) is 12.3 Å². The SMILES string of the molecule is O=C(NCc1cc(C(F)(F)F)ccc1F)c1ccnc(NC(=O)C2CC2)n1.